The molecule has 0 aliphatic rings. The van der Waals surface area contributed by atoms with Crippen LogP contribution in [0.25, 0.3) is 22.3 Å². The van der Waals surface area contributed by atoms with Gasteiger partial charge in [0.2, 0.25) is 10.0 Å². The van der Waals surface area contributed by atoms with Gasteiger partial charge < -0.3 is 10.2 Å². The average Bonchev–Trinajstić information content (AvgIpc) is 3.05. The molecule has 2 amide bonds. The fraction of sp³-hybridized carbons (Fsp3) is 0.0556. The van der Waals surface area contributed by atoms with Crippen molar-refractivity contribution in [2.75, 3.05) is 0 Å². The van der Waals surface area contributed by atoms with E-state index >= 15 is 0 Å². The summed E-state index contributed by atoms with van der Waals surface area (Å²) in [5.74, 6) is 0.327. The predicted molar refractivity (Wildman–Crippen MR) is 97.9 cm³/mol. The Bertz CT molecular complexity index is 1060. The Balaban J connectivity index is 2.10. The molecule has 0 radical (unpaired) electrons. The number of nitrogens with two attached hydrogens (primary N) is 2. The molecule has 140 valence electrons. The second-order valence-corrected chi connectivity index (χ2v) is 7.34. The maximum absolute atomic E-state index is 11.4. The summed E-state index contributed by atoms with van der Waals surface area (Å²) in [4.78, 5) is 11.1. The molecule has 9 heteroatoms. The topological polar surface area (TPSA) is 140 Å². The average molecular weight is 387 g/mol. The van der Waals surface area contributed by atoms with E-state index in [1.54, 1.807) is 12.1 Å². The second kappa shape index (κ2) is 7.23. The normalized spacial score (nSPS) is 11.3. The van der Waals surface area contributed by atoms with Crippen LogP contribution in [0.1, 0.15) is 5.76 Å². The van der Waals surface area contributed by atoms with Crippen molar-refractivity contribution in [3.05, 3.63) is 66.6 Å². The minimum Gasteiger partial charge on any atom is -0.466 e. The molecule has 1 aromatic heterocycles. The van der Waals surface area contributed by atoms with Crippen LogP contribution < -0.4 is 10.9 Å². The molecule has 0 aliphatic carbocycles. The summed E-state index contributed by atoms with van der Waals surface area (Å²) in [5.41, 5.74) is 7.86. The number of urea groups is 1. The Kier molecular flexibility index (Phi) is 5.00. The smallest absolute Gasteiger partial charge is 0.338 e. The Labute approximate surface area is 155 Å². The van der Waals surface area contributed by atoms with Crippen molar-refractivity contribution < 1.29 is 22.8 Å². The third kappa shape index (κ3) is 4.00. The summed E-state index contributed by atoms with van der Waals surface area (Å²) in [5, 5.41) is 15.2. The van der Waals surface area contributed by atoms with Gasteiger partial charge in [-0.25, -0.2) is 18.4 Å². The number of hydrogen-bond donors (Lipinski definition) is 3. The van der Waals surface area contributed by atoms with Gasteiger partial charge in [0, 0.05) is 11.1 Å². The first-order valence-corrected chi connectivity index (χ1v) is 9.37. The lowest BCUT2D eigenvalue weighted by atomic mass is 9.97. The van der Waals surface area contributed by atoms with Gasteiger partial charge in [-0.3, -0.25) is 5.21 Å². The lowest BCUT2D eigenvalue weighted by Gasteiger charge is -2.12. The zero-order valence-electron chi connectivity index (χ0n) is 14.1. The molecule has 0 fully saturated rings. The van der Waals surface area contributed by atoms with Crippen molar-refractivity contribution in [3.63, 3.8) is 0 Å². The van der Waals surface area contributed by atoms with Crippen molar-refractivity contribution in [1.82, 2.24) is 5.06 Å². The van der Waals surface area contributed by atoms with Crippen LogP contribution in [0.2, 0.25) is 0 Å². The summed E-state index contributed by atoms with van der Waals surface area (Å²) >= 11 is 0. The lowest BCUT2D eigenvalue weighted by Crippen LogP contribution is -2.32. The number of carbonyl (C=O) groups excluding carboxylic acids is 1. The number of sulfonamides is 1. The van der Waals surface area contributed by atoms with Crippen molar-refractivity contribution in [3.8, 4) is 22.3 Å². The van der Waals surface area contributed by atoms with Gasteiger partial charge in [-0.2, -0.15) is 5.06 Å². The first kappa shape index (κ1) is 18.6. The Morgan fingerprint density at radius 3 is 2.22 bits per heavy atom. The van der Waals surface area contributed by atoms with Crippen molar-refractivity contribution in [2.24, 2.45) is 10.9 Å². The van der Waals surface area contributed by atoms with E-state index in [-0.39, 0.29) is 11.4 Å². The highest BCUT2D eigenvalue weighted by Gasteiger charge is 2.20. The molecule has 0 atom stereocenters. The van der Waals surface area contributed by atoms with Gasteiger partial charge in [-0.05, 0) is 23.3 Å². The summed E-state index contributed by atoms with van der Waals surface area (Å²) in [7, 11) is -3.80. The molecule has 0 saturated heterocycles. The maximum atomic E-state index is 11.4. The van der Waals surface area contributed by atoms with E-state index in [1.165, 1.54) is 18.4 Å². The van der Waals surface area contributed by atoms with Gasteiger partial charge in [0.25, 0.3) is 0 Å². The van der Waals surface area contributed by atoms with Crippen LogP contribution in [-0.4, -0.2) is 24.7 Å². The Morgan fingerprint density at radius 2 is 1.67 bits per heavy atom. The maximum Gasteiger partial charge on any atom is 0.338 e. The van der Waals surface area contributed by atoms with Crippen LogP contribution >= 0.6 is 0 Å². The minimum atomic E-state index is -3.80. The molecule has 5 N–H and O–H groups in total. The van der Waals surface area contributed by atoms with Crippen LogP contribution in [0.4, 0.5) is 4.79 Å². The van der Waals surface area contributed by atoms with Gasteiger partial charge in [-0.1, -0.05) is 42.5 Å². The van der Waals surface area contributed by atoms with Crippen LogP contribution in [0.3, 0.4) is 0 Å². The van der Waals surface area contributed by atoms with Crippen LogP contribution in [0.5, 0.6) is 0 Å². The van der Waals surface area contributed by atoms with Crippen LogP contribution in [0.15, 0.2) is 70.2 Å². The second-order valence-electron chi connectivity index (χ2n) is 5.78. The zero-order chi connectivity index (χ0) is 19.6. The number of primary amides is 1. The molecule has 8 nitrogen and oxygen atoms in total. The van der Waals surface area contributed by atoms with Gasteiger partial charge in [-0.15, -0.1) is 0 Å². The number of hydrogen-bond acceptors (Lipinski definition) is 5. The molecule has 1 heterocycles. The standard InChI is InChI=1S/C18H17N3O5S/c19-18(22)21(23)10-16-17(13-4-2-1-3-5-13)15(11-26-16)12-6-8-14(9-7-12)27(20,24)25/h1-9,11,23H,10H2,(H2,19,22)(H2,20,24,25). The van der Waals surface area contributed by atoms with Crippen LogP contribution in [-0.2, 0) is 16.6 Å². The van der Waals surface area contributed by atoms with Gasteiger partial charge in [0.1, 0.15) is 12.3 Å². The SMILES string of the molecule is NC(=O)N(O)Cc1occ(-c2ccc(S(N)(=O)=O)cc2)c1-c1ccccc1. The number of furan rings is 1. The number of benzene rings is 2. The van der Waals surface area contributed by atoms with Crippen LogP contribution in [0, 0.1) is 0 Å². The van der Waals surface area contributed by atoms with E-state index in [0.29, 0.717) is 27.5 Å². The molecule has 2 aromatic carbocycles. The summed E-state index contributed by atoms with van der Waals surface area (Å²) in [6.45, 7) is -0.241. The number of amides is 2. The van der Waals surface area contributed by atoms with E-state index in [2.05, 4.69) is 0 Å². The molecular weight excluding hydrogens is 370 g/mol. The van der Waals surface area contributed by atoms with Crippen molar-refractivity contribution in [2.45, 2.75) is 11.4 Å². The first-order chi connectivity index (χ1) is 12.8. The molecule has 0 spiro atoms. The fourth-order valence-corrected chi connectivity index (χ4v) is 3.20. The molecule has 0 aliphatic heterocycles. The molecule has 3 aromatic rings. The highest BCUT2D eigenvalue weighted by Crippen LogP contribution is 2.37. The predicted octanol–water partition coefficient (Wildman–Crippen LogP) is 2.53. The molecule has 0 unspecified atom stereocenters. The van der Waals surface area contributed by atoms with E-state index in [4.69, 9.17) is 15.3 Å². The van der Waals surface area contributed by atoms with Gasteiger partial charge in [0.05, 0.1) is 11.2 Å². The molecule has 0 bridgehead atoms. The van der Waals surface area contributed by atoms with E-state index in [1.807, 2.05) is 30.3 Å². The Hall–Kier alpha value is -3.14. The third-order valence-electron chi connectivity index (χ3n) is 3.97. The highest BCUT2D eigenvalue weighted by molar-refractivity contribution is 7.89. The van der Waals surface area contributed by atoms with Crippen molar-refractivity contribution >= 4 is 16.1 Å². The Morgan fingerprint density at radius 1 is 1.04 bits per heavy atom. The number of primary sulfonamides is 1. The first-order valence-electron chi connectivity index (χ1n) is 7.82. The quantitative estimate of drug-likeness (QED) is 0.456. The number of rotatable bonds is 5. The molecule has 27 heavy (non-hydrogen) atoms. The van der Waals surface area contributed by atoms with E-state index < -0.39 is 16.1 Å². The lowest BCUT2D eigenvalue weighted by molar-refractivity contribution is -0.0511. The van der Waals surface area contributed by atoms with Crippen molar-refractivity contribution in [1.29, 1.82) is 0 Å². The van der Waals surface area contributed by atoms with Gasteiger partial charge >= 0.3 is 6.03 Å². The zero-order valence-corrected chi connectivity index (χ0v) is 14.9. The summed E-state index contributed by atoms with van der Waals surface area (Å²) < 4.78 is 28.5. The van der Waals surface area contributed by atoms with E-state index in [9.17, 15) is 18.4 Å². The molecule has 0 saturated carbocycles. The van der Waals surface area contributed by atoms with E-state index in [0.717, 1.165) is 5.56 Å². The summed E-state index contributed by atoms with van der Waals surface area (Å²) in [6.07, 6.45) is 1.47. The number of carbonyl (C=O) groups is 1. The minimum absolute atomic E-state index is 0.00788. The van der Waals surface area contributed by atoms with Gasteiger partial charge in [0.15, 0.2) is 0 Å². The third-order valence-corrected chi connectivity index (χ3v) is 4.90. The fourth-order valence-electron chi connectivity index (χ4n) is 2.69. The summed E-state index contributed by atoms with van der Waals surface area (Å²) in [6, 6.07) is 14.2. The monoisotopic (exact) mass is 387 g/mol. The highest BCUT2D eigenvalue weighted by atomic mass is 32.2. The largest absolute Gasteiger partial charge is 0.466 e. The number of nitrogens with zero attached hydrogens (tertiary/aromatic N) is 1. The molecule has 3 rings (SSSR count). The number of hydroxylamine groups is 2. The molecular formula is C18H17N3O5S.